The largest absolute Gasteiger partial charge is 0.478 e. The third-order valence-electron chi connectivity index (χ3n) is 1.56. The van der Waals surface area contributed by atoms with Gasteiger partial charge in [0.2, 0.25) is 0 Å². The lowest BCUT2D eigenvalue weighted by Gasteiger charge is -2.04. The molecule has 4 N–H and O–H groups in total. The zero-order valence-electron chi connectivity index (χ0n) is 6.82. The standard InChI is InChI=1S/C8H6ClNO4/c9-6-4(7(11)12)1-3(10)2-5(6)8(13)14/h1-2H,10H2,(H,11,12)(H,13,14). The van der Waals surface area contributed by atoms with Crippen LogP contribution < -0.4 is 5.73 Å². The van der Waals surface area contributed by atoms with Crippen LogP contribution in [0.25, 0.3) is 0 Å². The molecule has 0 aliphatic rings. The molecule has 0 amide bonds. The van der Waals surface area contributed by atoms with Gasteiger partial charge in [-0.15, -0.1) is 0 Å². The SMILES string of the molecule is Nc1cc(C(=O)O)c(Cl)c(C(=O)O)c1. The fourth-order valence-electron chi connectivity index (χ4n) is 0.958. The molecule has 0 saturated carbocycles. The number of benzene rings is 1. The Morgan fingerprint density at radius 2 is 1.50 bits per heavy atom. The summed E-state index contributed by atoms with van der Waals surface area (Å²) >= 11 is 5.55. The van der Waals surface area contributed by atoms with Crippen LogP contribution >= 0.6 is 11.6 Å². The highest BCUT2D eigenvalue weighted by Gasteiger charge is 2.17. The number of hydrogen-bond acceptors (Lipinski definition) is 3. The molecule has 0 fully saturated rings. The Balaban J connectivity index is 3.47. The van der Waals surface area contributed by atoms with Crippen molar-refractivity contribution in [3.63, 3.8) is 0 Å². The third-order valence-corrected chi connectivity index (χ3v) is 1.96. The Hall–Kier alpha value is -1.75. The van der Waals surface area contributed by atoms with Crippen molar-refractivity contribution in [3.8, 4) is 0 Å². The van der Waals surface area contributed by atoms with E-state index in [1.165, 1.54) is 0 Å². The molecule has 0 unspecified atom stereocenters. The highest BCUT2D eigenvalue weighted by Crippen LogP contribution is 2.24. The summed E-state index contributed by atoms with van der Waals surface area (Å²) in [6.45, 7) is 0. The lowest BCUT2D eigenvalue weighted by Crippen LogP contribution is -2.06. The van der Waals surface area contributed by atoms with Crippen molar-refractivity contribution in [2.24, 2.45) is 0 Å². The summed E-state index contributed by atoms with van der Waals surface area (Å²) < 4.78 is 0. The quantitative estimate of drug-likeness (QED) is 0.646. The Labute approximate surface area is 83.7 Å². The molecule has 0 radical (unpaired) electrons. The maximum absolute atomic E-state index is 10.6. The molecule has 5 nitrogen and oxygen atoms in total. The van der Waals surface area contributed by atoms with Gasteiger partial charge in [-0.1, -0.05) is 11.6 Å². The van der Waals surface area contributed by atoms with E-state index < -0.39 is 11.9 Å². The van der Waals surface area contributed by atoms with Crippen molar-refractivity contribution < 1.29 is 19.8 Å². The van der Waals surface area contributed by atoms with E-state index >= 15 is 0 Å². The van der Waals surface area contributed by atoms with E-state index in [-0.39, 0.29) is 21.8 Å². The average molecular weight is 216 g/mol. The maximum atomic E-state index is 10.6. The van der Waals surface area contributed by atoms with Crippen LogP contribution in [0.1, 0.15) is 20.7 Å². The van der Waals surface area contributed by atoms with E-state index in [2.05, 4.69) is 0 Å². The fourth-order valence-corrected chi connectivity index (χ4v) is 1.23. The van der Waals surface area contributed by atoms with Crippen LogP contribution in [0.15, 0.2) is 12.1 Å². The van der Waals surface area contributed by atoms with Crippen molar-refractivity contribution >= 4 is 29.2 Å². The number of hydrogen-bond donors (Lipinski definition) is 3. The summed E-state index contributed by atoms with van der Waals surface area (Å²) in [5.41, 5.74) is 4.73. The predicted octanol–water partition coefficient (Wildman–Crippen LogP) is 1.32. The van der Waals surface area contributed by atoms with Crippen molar-refractivity contribution in [2.75, 3.05) is 5.73 Å². The molecule has 0 aliphatic carbocycles. The first-order valence-electron chi connectivity index (χ1n) is 3.49. The van der Waals surface area contributed by atoms with Gasteiger partial charge < -0.3 is 15.9 Å². The topological polar surface area (TPSA) is 101 Å². The fraction of sp³-hybridized carbons (Fsp3) is 0. The first kappa shape index (κ1) is 10.3. The summed E-state index contributed by atoms with van der Waals surface area (Å²) in [6, 6.07) is 2.22. The molecule has 0 bridgehead atoms. The van der Waals surface area contributed by atoms with E-state index in [4.69, 9.17) is 27.5 Å². The lowest BCUT2D eigenvalue weighted by atomic mass is 10.1. The minimum Gasteiger partial charge on any atom is -0.478 e. The first-order chi connectivity index (χ1) is 6.43. The van der Waals surface area contributed by atoms with Gasteiger partial charge in [0.1, 0.15) is 0 Å². The van der Waals surface area contributed by atoms with Crippen LogP contribution in [0.5, 0.6) is 0 Å². The number of nitrogen functional groups attached to an aromatic ring is 1. The van der Waals surface area contributed by atoms with Gasteiger partial charge >= 0.3 is 11.9 Å². The van der Waals surface area contributed by atoms with Gasteiger partial charge in [0, 0.05) is 5.69 Å². The van der Waals surface area contributed by atoms with E-state index in [0.717, 1.165) is 12.1 Å². The number of halogens is 1. The summed E-state index contributed by atoms with van der Waals surface area (Å²) in [5, 5.41) is 17.0. The van der Waals surface area contributed by atoms with E-state index in [9.17, 15) is 9.59 Å². The van der Waals surface area contributed by atoms with Crippen LogP contribution in [0.3, 0.4) is 0 Å². The molecule has 1 aromatic carbocycles. The molecule has 0 spiro atoms. The van der Waals surface area contributed by atoms with Crippen LogP contribution in [0.4, 0.5) is 5.69 Å². The van der Waals surface area contributed by atoms with Crippen LogP contribution in [0, 0.1) is 0 Å². The summed E-state index contributed by atoms with van der Waals surface area (Å²) in [5.74, 6) is -2.63. The van der Waals surface area contributed by atoms with E-state index in [1.807, 2.05) is 0 Å². The molecular formula is C8H6ClNO4. The van der Waals surface area contributed by atoms with Crippen LogP contribution in [-0.2, 0) is 0 Å². The van der Waals surface area contributed by atoms with Gasteiger partial charge in [-0.25, -0.2) is 9.59 Å². The van der Waals surface area contributed by atoms with Crippen molar-refractivity contribution in [1.82, 2.24) is 0 Å². The maximum Gasteiger partial charge on any atom is 0.337 e. The van der Waals surface area contributed by atoms with Crippen molar-refractivity contribution in [1.29, 1.82) is 0 Å². The highest BCUT2D eigenvalue weighted by atomic mass is 35.5. The molecular weight excluding hydrogens is 210 g/mol. The molecule has 0 saturated heterocycles. The number of rotatable bonds is 2. The molecule has 1 rings (SSSR count). The molecule has 1 aromatic rings. The number of carboxylic acids is 2. The Morgan fingerprint density at radius 3 is 1.79 bits per heavy atom. The van der Waals surface area contributed by atoms with Crippen molar-refractivity contribution in [2.45, 2.75) is 0 Å². The number of carboxylic acid groups (broad SMARTS) is 2. The Morgan fingerprint density at radius 1 is 1.14 bits per heavy atom. The predicted molar refractivity (Wildman–Crippen MR) is 49.8 cm³/mol. The van der Waals surface area contributed by atoms with E-state index in [1.54, 1.807) is 0 Å². The molecule has 14 heavy (non-hydrogen) atoms. The number of anilines is 1. The molecule has 74 valence electrons. The van der Waals surface area contributed by atoms with E-state index in [0.29, 0.717) is 0 Å². The molecule has 0 atom stereocenters. The van der Waals surface area contributed by atoms with Crippen LogP contribution in [0.2, 0.25) is 5.02 Å². The van der Waals surface area contributed by atoms with Gasteiger partial charge in [-0.2, -0.15) is 0 Å². The lowest BCUT2D eigenvalue weighted by molar-refractivity contribution is 0.0696. The molecule has 0 aliphatic heterocycles. The zero-order valence-corrected chi connectivity index (χ0v) is 7.58. The number of aromatic carboxylic acids is 2. The van der Waals surface area contributed by atoms with Gasteiger partial charge in [-0.3, -0.25) is 0 Å². The smallest absolute Gasteiger partial charge is 0.337 e. The first-order valence-corrected chi connectivity index (χ1v) is 3.87. The van der Waals surface area contributed by atoms with Gasteiger partial charge in [-0.05, 0) is 12.1 Å². The van der Waals surface area contributed by atoms with Crippen molar-refractivity contribution in [3.05, 3.63) is 28.3 Å². The second kappa shape index (κ2) is 3.55. The van der Waals surface area contributed by atoms with Gasteiger partial charge in [0.05, 0.1) is 16.1 Å². The zero-order chi connectivity index (χ0) is 10.9. The minimum absolute atomic E-state index is 0.0456. The Kier molecular flexibility index (Phi) is 2.62. The highest BCUT2D eigenvalue weighted by molar-refractivity contribution is 6.36. The second-order valence-corrected chi connectivity index (χ2v) is 2.92. The normalized spacial score (nSPS) is 9.79. The summed E-state index contributed by atoms with van der Waals surface area (Å²) in [4.78, 5) is 21.2. The monoisotopic (exact) mass is 215 g/mol. The third kappa shape index (κ3) is 1.77. The van der Waals surface area contributed by atoms with Crippen LogP contribution in [-0.4, -0.2) is 22.2 Å². The summed E-state index contributed by atoms with van der Waals surface area (Å²) in [6.07, 6.45) is 0. The minimum atomic E-state index is -1.31. The van der Waals surface area contributed by atoms with Gasteiger partial charge in [0.25, 0.3) is 0 Å². The molecule has 6 heteroatoms. The number of carbonyl (C=O) groups is 2. The molecule has 0 aromatic heterocycles. The molecule has 0 heterocycles. The second-order valence-electron chi connectivity index (χ2n) is 2.54. The Bertz CT molecular complexity index is 381. The van der Waals surface area contributed by atoms with Gasteiger partial charge in [0.15, 0.2) is 0 Å². The number of nitrogens with two attached hydrogens (primary N) is 1. The average Bonchev–Trinajstić information content (AvgIpc) is 2.07. The summed E-state index contributed by atoms with van der Waals surface area (Å²) in [7, 11) is 0.